The molecule has 3 amide bonds. The van der Waals surface area contributed by atoms with Crippen molar-refractivity contribution in [1.29, 1.82) is 0 Å². The molecule has 7 nitrogen and oxygen atoms in total. The molecule has 0 spiro atoms. The maximum absolute atomic E-state index is 13.2. The zero-order chi connectivity index (χ0) is 22.0. The highest BCUT2D eigenvalue weighted by molar-refractivity contribution is 6.10. The Morgan fingerprint density at radius 2 is 1.74 bits per heavy atom. The van der Waals surface area contributed by atoms with Gasteiger partial charge < -0.3 is 9.42 Å². The average Bonchev–Trinajstić information content (AvgIpc) is 3.37. The number of likely N-dealkylation sites (N-methyl/N-ethyl adjacent to an activating group) is 1. The van der Waals surface area contributed by atoms with Crippen LogP contribution in [-0.4, -0.2) is 46.8 Å². The summed E-state index contributed by atoms with van der Waals surface area (Å²) in [6, 6.07) is 19.1. The lowest BCUT2D eigenvalue weighted by molar-refractivity contribution is -0.141. The predicted molar refractivity (Wildman–Crippen MR) is 114 cm³/mol. The Morgan fingerprint density at radius 1 is 1.06 bits per heavy atom. The van der Waals surface area contributed by atoms with Crippen LogP contribution in [0, 0.1) is 0 Å². The van der Waals surface area contributed by atoms with Crippen LogP contribution in [0.3, 0.4) is 0 Å². The summed E-state index contributed by atoms with van der Waals surface area (Å²) >= 11 is 0. The van der Waals surface area contributed by atoms with Crippen molar-refractivity contribution in [3.8, 4) is 11.1 Å². The Labute approximate surface area is 180 Å². The number of rotatable bonds is 6. The Hall–Kier alpha value is -3.74. The van der Waals surface area contributed by atoms with Crippen LogP contribution in [0.2, 0.25) is 0 Å². The summed E-state index contributed by atoms with van der Waals surface area (Å²) in [6.07, 6.45) is 1.38. The van der Waals surface area contributed by atoms with Gasteiger partial charge in [0.2, 0.25) is 17.7 Å². The number of aromatic nitrogens is 1. The summed E-state index contributed by atoms with van der Waals surface area (Å²) < 4.78 is 5.07. The summed E-state index contributed by atoms with van der Waals surface area (Å²) in [5.74, 6) is -0.350. The van der Waals surface area contributed by atoms with Crippen LogP contribution >= 0.6 is 0 Å². The van der Waals surface area contributed by atoms with E-state index in [2.05, 4.69) is 5.16 Å². The lowest BCUT2D eigenvalue weighted by Gasteiger charge is -2.28. The fourth-order valence-corrected chi connectivity index (χ4v) is 4.00. The lowest BCUT2D eigenvalue weighted by atomic mass is 9.75. The molecule has 0 aliphatic carbocycles. The molecule has 3 aromatic rings. The summed E-state index contributed by atoms with van der Waals surface area (Å²) in [4.78, 5) is 41.2. The van der Waals surface area contributed by atoms with Crippen LogP contribution < -0.4 is 0 Å². The second-order valence-corrected chi connectivity index (χ2v) is 7.87. The van der Waals surface area contributed by atoms with Crippen LogP contribution in [0.4, 0.5) is 0 Å². The monoisotopic (exact) mass is 417 g/mol. The van der Waals surface area contributed by atoms with E-state index < -0.39 is 5.41 Å². The van der Waals surface area contributed by atoms with Gasteiger partial charge in [-0.2, -0.15) is 0 Å². The molecule has 7 heteroatoms. The second-order valence-electron chi connectivity index (χ2n) is 7.87. The topological polar surface area (TPSA) is 83.7 Å². The summed E-state index contributed by atoms with van der Waals surface area (Å²) in [6.45, 7) is 0.236. The van der Waals surface area contributed by atoms with Gasteiger partial charge in [-0.15, -0.1) is 0 Å². The van der Waals surface area contributed by atoms with Crippen LogP contribution in [0.25, 0.3) is 11.1 Å². The van der Waals surface area contributed by atoms with E-state index in [9.17, 15) is 14.4 Å². The fraction of sp³-hybridized carbons (Fsp3) is 0.250. The number of hydrogen-bond acceptors (Lipinski definition) is 5. The SMILES string of the molecule is CN(Cc1ccno1)C(=O)C[C@@]1(c2ccc(-c3ccccc3)cc2)CC(=O)N(C)C1=O. The number of imide groups is 1. The molecule has 0 unspecified atom stereocenters. The molecule has 1 atom stereocenters. The molecular weight excluding hydrogens is 394 g/mol. The molecule has 2 aromatic carbocycles. The van der Waals surface area contributed by atoms with E-state index in [1.165, 1.54) is 18.1 Å². The predicted octanol–water partition coefficient (Wildman–Crippen LogP) is 3.02. The Balaban J connectivity index is 1.64. The smallest absolute Gasteiger partial charge is 0.240 e. The lowest BCUT2D eigenvalue weighted by Crippen LogP contribution is -2.41. The minimum Gasteiger partial charge on any atom is -0.360 e. The van der Waals surface area contributed by atoms with Gasteiger partial charge in [-0.25, -0.2) is 0 Å². The third-order valence-corrected chi connectivity index (χ3v) is 5.85. The van der Waals surface area contributed by atoms with Crippen molar-refractivity contribution in [2.24, 2.45) is 0 Å². The molecule has 0 N–H and O–H groups in total. The minimum absolute atomic E-state index is 0.0328. The highest BCUT2D eigenvalue weighted by Gasteiger charge is 2.52. The van der Waals surface area contributed by atoms with Crippen molar-refractivity contribution in [3.05, 3.63) is 78.2 Å². The van der Waals surface area contributed by atoms with Gasteiger partial charge >= 0.3 is 0 Å². The molecule has 1 saturated heterocycles. The van der Waals surface area contributed by atoms with Crippen molar-refractivity contribution in [2.75, 3.05) is 14.1 Å². The molecule has 31 heavy (non-hydrogen) atoms. The molecule has 158 valence electrons. The summed E-state index contributed by atoms with van der Waals surface area (Å²) in [5.41, 5.74) is 1.50. The van der Waals surface area contributed by atoms with Crippen molar-refractivity contribution >= 4 is 17.7 Å². The standard InChI is InChI=1S/C24H23N3O4/c1-26(16-20-12-13-25-31-20)21(28)14-24(15-22(29)27(2)23(24)30)19-10-8-18(9-11-19)17-6-4-3-5-7-17/h3-13H,14-16H2,1-2H3/t24-/m0/s1. The third kappa shape index (κ3) is 3.86. The Morgan fingerprint density at radius 3 is 2.32 bits per heavy atom. The molecule has 0 saturated carbocycles. The number of benzene rings is 2. The van der Waals surface area contributed by atoms with Crippen LogP contribution in [0.15, 0.2) is 71.4 Å². The van der Waals surface area contributed by atoms with Gasteiger partial charge in [-0.3, -0.25) is 19.3 Å². The van der Waals surface area contributed by atoms with E-state index in [4.69, 9.17) is 4.52 Å². The van der Waals surface area contributed by atoms with E-state index in [-0.39, 0.29) is 37.1 Å². The molecular formula is C24H23N3O4. The van der Waals surface area contributed by atoms with Crippen molar-refractivity contribution in [2.45, 2.75) is 24.8 Å². The minimum atomic E-state index is -1.21. The molecule has 0 bridgehead atoms. The van der Waals surface area contributed by atoms with E-state index in [1.807, 2.05) is 54.6 Å². The largest absolute Gasteiger partial charge is 0.360 e. The molecule has 1 aliphatic rings. The normalized spacial score (nSPS) is 18.5. The second kappa shape index (κ2) is 8.18. The van der Waals surface area contributed by atoms with E-state index in [0.29, 0.717) is 11.3 Å². The fourth-order valence-electron chi connectivity index (χ4n) is 4.00. The Kier molecular flexibility index (Phi) is 5.42. The zero-order valence-electron chi connectivity index (χ0n) is 17.4. The quantitative estimate of drug-likeness (QED) is 0.576. The third-order valence-electron chi connectivity index (χ3n) is 5.85. The number of carbonyl (C=O) groups is 3. The summed E-state index contributed by atoms with van der Waals surface area (Å²) in [5, 5.41) is 3.65. The molecule has 0 radical (unpaired) electrons. The van der Waals surface area contributed by atoms with E-state index >= 15 is 0 Å². The highest BCUT2D eigenvalue weighted by atomic mass is 16.5. The number of carbonyl (C=O) groups excluding carboxylic acids is 3. The van der Waals surface area contributed by atoms with Gasteiger partial charge in [0, 0.05) is 33.0 Å². The molecule has 1 aliphatic heterocycles. The maximum Gasteiger partial charge on any atom is 0.240 e. The van der Waals surface area contributed by atoms with E-state index in [1.54, 1.807) is 13.1 Å². The first kappa shape index (κ1) is 20.5. The first-order valence-electron chi connectivity index (χ1n) is 10.0. The van der Waals surface area contributed by atoms with Gasteiger partial charge in [0.15, 0.2) is 5.76 Å². The number of amides is 3. The first-order chi connectivity index (χ1) is 14.9. The van der Waals surface area contributed by atoms with Crippen molar-refractivity contribution in [1.82, 2.24) is 15.0 Å². The molecule has 4 rings (SSSR count). The van der Waals surface area contributed by atoms with Crippen LogP contribution in [0.1, 0.15) is 24.2 Å². The van der Waals surface area contributed by atoms with Crippen molar-refractivity contribution in [3.63, 3.8) is 0 Å². The van der Waals surface area contributed by atoms with Gasteiger partial charge in [0.1, 0.15) is 0 Å². The highest BCUT2D eigenvalue weighted by Crippen LogP contribution is 2.40. The van der Waals surface area contributed by atoms with Crippen molar-refractivity contribution < 1.29 is 18.9 Å². The Bertz CT molecular complexity index is 1090. The molecule has 1 fully saturated rings. The molecule has 1 aromatic heterocycles. The van der Waals surface area contributed by atoms with Gasteiger partial charge in [0.25, 0.3) is 0 Å². The zero-order valence-corrected chi connectivity index (χ0v) is 17.4. The molecule has 2 heterocycles. The number of likely N-dealkylation sites (tertiary alicyclic amines) is 1. The number of nitrogens with zero attached hydrogens (tertiary/aromatic N) is 3. The first-order valence-corrected chi connectivity index (χ1v) is 10.0. The van der Waals surface area contributed by atoms with Gasteiger partial charge in [-0.05, 0) is 16.7 Å². The van der Waals surface area contributed by atoms with E-state index in [0.717, 1.165) is 16.0 Å². The van der Waals surface area contributed by atoms with Gasteiger partial charge in [-0.1, -0.05) is 59.8 Å². The maximum atomic E-state index is 13.2. The summed E-state index contributed by atoms with van der Waals surface area (Å²) in [7, 11) is 3.11. The average molecular weight is 417 g/mol. The van der Waals surface area contributed by atoms with Crippen LogP contribution in [0.5, 0.6) is 0 Å². The number of hydrogen-bond donors (Lipinski definition) is 0. The van der Waals surface area contributed by atoms with Crippen LogP contribution in [-0.2, 0) is 26.3 Å². The van der Waals surface area contributed by atoms with Gasteiger partial charge in [0.05, 0.1) is 18.2 Å².